The lowest BCUT2D eigenvalue weighted by Gasteiger charge is -2.39. The SMILES string of the molecule is CN/C(=N\OC=O)c1ccc(N2C3CCC2CC(OCc2c(-c4ccccc4OC(F)(F)F)noc2C2CC2)C3)nc1. The molecule has 1 saturated carbocycles. The Labute approximate surface area is 239 Å². The molecule has 42 heavy (non-hydrogen) atoms. The van der Waals surface area contributed by atoms with Crippen molar-refractivity contribution in [2.45, 2.75) is 75.6 Å². The Morgan fingerprint density at radius 1 is 1.14 bits per heavy atom. The highest BCUT2D eigenvalue weighted by Gasteiger charge is 2.42. The molecular weight excluding hydrogens is 555 g/mol. The summed E-state index contributed by atoms with van der Waals surface area (Å²) in [5, 5.41) is 10.8. The van der Waals surface area contributed by atoms with Crippen molar-refractivity contribution in [2.75, 3.05) is 11.9 Å². The predicted octanol–water partition coefficient (Wildman–Crippen LogP) is 5.28. The van der Waals surface area contributed by atoms with Crippen LogP contribution in [0.5, 0.6) is 5.75 Å². The van der Waals surface area contributed by atoms with Gasteiger partial charge in [0.05, 0.1) is 12.7 Å². The summed E-state index contributed by atoms with van der Waals surface area (Å²) >= 11 is 0. The van der Waals surface area contributed by atoms with Crippen LogP contribution in [0.15, 0.2) is 52.3 Å². The van der Waals surface area contributed by atoms with Crippen LogP contribution in [0, 0.1) is 0 Å². The van der Waals surface area contributed by atoms with Gasteiger partial charge in [0.25, 0.3) is 0 Å². The van der Waals surface area contributed by atoms with E-state index in [1.54, 1.807) is 25.4 Å². The van der Waals surface area contributed by atoms with Gasteiger partial charge in [-0.1, -0.05) is 22.4 Å². The van der Waals surface area contributed by atoms with Gasteiger partial charge in [0.1, 0.15) is 23.0 Å². The van der Waals surface area contributed by atoms with E-state index >= 15 is 0 Å². The van der Waals surface area contributed by atoms with E-state index < -0.39 is 6.36 Å². The zero-order valence-corrected chi connectivity index (χ0v) is 22.8. The van der Waals surface area contributed by atoms with Crippen molar-refractivity contribution in [2.24, 2.45) is 5.16 Å². The van der Waals surface area contributed by atoms with Gasteiger partial charge in [0, 0.05) is 47.9 Å². The third kappa shape index (κ3) is 5.91. The first kappa shape index (κ1) is 28.0. The van der Waals surface area contributed by atoms with E-state index in [-0.39, 0.29) is 48.5 Å². The quantitative estimate of drug-likeness (QED) is 0.112. The Balaban J connectivity index is 1.16. The number of carbonyl (C=O) groups is 1. The minimum absolute atomic E-state index is 0.0296. The molecule has 13 heteroatoms. The van der Waals surface area contributed by atoms with E-state index in [1.165, 1.54) is 12.1 Å². The maximum absolute atomic E-state index is 13.1. The number of benzene rings is 1. The lowest BCUT2D eigenvalue weighted by Crippen LogP contribution is -2.46. The fourth-order valence-corrected chi connectivity index (χ4v) is 6.05. The molecule has 1 aromatic carbocycles. The molecule has 2 unspecified atom stereocenters. The summed E-state index contributed by atoms with van der Waals surface area (Å²) in [4.78, 5) is 22.0. The average molecular weight is 586 g/mol. The topological polar surface area (TPSA) is 111 Å². The second-order valence-corrected chi connectivity index (χ2v) is 10.7. The number of alkyl halides is 3. The molecule has 6 rings (SSSR count). The molecule has 3 fully saturated rings. The van der Waals surface area contributed by atoms with Crippen LogP contribution < -0.4 is 15.0 Å². The van der Waals surface area contributed by atoms with E-state index in [0.29, 0.717) is 28.4 Å². The Morgan fingerprint density at radius 3 is 2.55 bits per heavy atom. The van der Waals surface area contributed by atoms with Crippen molar-refractivity contribution < 1.29 is 36.8 Å². The van der Waals surface area contributed by atoms with Crippen LogP contribution in [0.2, 0.25) is 0 Å². The van der Waals surface area contributed by atoms with Gasteiger partial charge in [0.2, 0.25) is 0 Å². The first-order valence-electron chi connectivity index (χ1n) is 13.9. The van der Waals surface area contributed by atoms with Crippen molar-refractivity contribution in [3.63, 3.8) is 0 Å². The van der Waals surface area contributed by atoms with Crippen LogP contribution in [0.1, 0.15) is 61.3 Å². The summed E-state index contributed by atoms with van der Waals surface area (Å²) in [6.07, 6.45) is 2.34. The summed E-state index contributed by atoms with van der Waals surface area (Å²) in [5.41, 5.74) is 1.91. The first-order valence-corrected chi connectivity index (χ1v) is 13.9. The Bertz CT molecular complexity index is 1430. The summed E-state index contributed by atoms with van der Waals surface area (Å²) in [7, 11) is 1.68. The number of nitrogens with zero attached hydrogens (tertiary/aromatic N) is 4. The Hall–Kier alpha value is -4.13. The van der Waals surface area contributed by atoms with E-state index in [1.807, 2.05) is 12.1 Å². The highest BCUT2D eigenvalue weighted by atomic mass is 19.4. The molecule has 0 amide bonds. The van der Waals surface area contributed by atoms with Crippen molar-refractivity contribution >= 4 is 18.1 Å². The number of fused-ring (bicyclic) bond motifs is 2. The summed E-state index contributed by atoms with van der Waals surface area (Å²) in [6.45, 7) is 0.442. The van der Waals surface area contributed by atoms with E-state index in [9.17, 15) is 18.0 Å². The molecule has 0 radical (unpaired) electrons. The summed E-state index contributed by atoms with van der Waals surface area (Å²) < 4.78 is 55.7. The van der Waals surface area contributed by atoms with Gasteiger partial charge in [-0.3, -0.25) is 4.79 Å². The molecule has 222 valence electrons. The Morgan fingerprint density at radius 2 is 1.90 bits per heavy atom. The number of amidine groups is 1. The van der Waals surface area contributed by atoms with Crippen LogP contribution in [-0.4, -0.2) is 54.0 Å². The fraction of sp³-hybridized carbons (Fsp3) is 0.448. The van der Waals surface area contributed by atoms with Gasteiger partial charge in [-0.05, 0) is 62.8 Å². The number of hydrogen-bond acceptors (Lipinski definition) is 9. The highest BCUT2D eigenvalue weighted by Crippen LogP contribution is 2.46. The van der Waals surface area contributed by atoms with Crippen molar-refractivity contribution in [1.82, 2.24) is 15.5 Å². The molecule has 2 atom stereocenters. The van der Waals surface area contributed by atoms with Crippen LogP contribution in [0.4, 0.5) is 19.0 Å². The van der Waals surface area contributed by atoms with Crippen LogP contribution in [0.25, 0.3) is 11.3 Å². The number of aromatic nitrogens is 2. The number of carbonyl (C=O) groups excluding carboxylic acids is 1. The summed E-state index contributed by atoms with van der Waals surface area (Å²) in [6, 6.07) is 10.3. The monoisotopic (exact) mass is 585 g/mol. The summed E-state index contributed by atoms with van der Waals surface area (Å²) in [5.74, 6) is 1.80. The predicted molar refractivity (Wildman–Crippen MR) is 145 cm³/mol. The number of piperidine rings is 1. The van der Waals surface area contributed by atoms with Crippen LogP contribution in [0.3, 0.4) is 0 Å². The maximum Gasteiger partial charge on any atom is 0.573 e. The molecule has 3 aromatic rings. The average Bonchev–Trinajstić information content (AvgIpc) is 3.68. The molecular formula is C29H30F3N5O5. The zero-order valence-electron chi connectivity index (χ0n) is 22.8. The highest BCUT2D eigenvalue weighted by molar-refractivity contribution is 5.98. The van der Waals surface area contributed by atoms with Crippen molar-refractivity contribution in [1.29, 1.82) is 0 Å². The van der Waals surface area contributed by atoms with Gasteiger partial charge in [0.15, 0.2) is 5.84 Å². The fourth-order valence-electron chi connectivity index (χ4n) is 6.05. The standard InChI is InChI=1S/C29H30F3N5O5/c1-33-28(36-40-16-38)18-8-11-25(34-14-18)37-19-9-10-20(37)13-21(12-19)39-15-23-26(35-42-27(23)17-6-7-17)22-4-2-3-5-24(22)41-29(30,31)32/h2-5,8,11,14,16-17,19-21H,6-7,9-10,12-13,15H2,1H3,(H,33,36). The zero-order chi connectivity index (χ0) is 29.3. The number of pyridine rings is 1. The number of oxime groups is 1. The van der Waals surface area contributed by atoms with Crippen LogP contribution in [-0.2, 0) is 21.0 Å². The second kappa shape index (κ2) is 11.6. The van der Waals surface area contributed by atoms with Gasteiger partial charge in [-0.15, -0.1) is 13.2 Å². The molecule has 10 nitrogen and oxygen atoms in total. The number of halogens is 3. The minimum Gasteiger partial charge on any atom is -0.405 e. The van der Waals surface area contributed by atoms with Gasteiger partial charge < -0.3 is 29.1 Å². The van der Waals surface area contributed by atoms with Crippen molar-refractivity contribution in [3.05, 3.63) is 59.5 Å². The van der Waals surface area contributed by atoms with Gasteiger partial charge in [-0.25, -0.2) is 4.98 Å². The number of nitrogens with one attached hydrogen (secondary N) is 1. The number of rotatable bonds is 10. The smallest absolute Gasteiger partial charge is 0.405 e. The largest absolute Gasteiger partial charge is 0.573 e. The first-order chi connectivity index (χ1) is 20.3. The van der Waals surface area contributed by atoms with Crippen LogP contribution >= 0.6 is 0 Å². The molecule has 2 aromatic heterocycles. The second-order valence-electron chi connectivity index (χ2n) is 10.7. The normalized spacial score (nSPS) is 22.2. The lowest BCUT2D eigenvalue weighted by atomic mass is 9.99. The molecule has 2 bridgehead atoms. The molecule has 3 aliphatic rings. The number of hydrogen-bond donors (Lipinski definition) is 1. The molecule has 0 spiro atoms. The number of anilines is 1. The minimum atomic E-state index is -4.83. The third-order valence-electron chi connectivity index (χ3n) is 8.00. The van der Waals surface area contributed by atoms with E-state index in [2.05, 4.69) is 35.1 Å². The number of ether oxygens (including phenoxy) is 2. The lowest BCUT2D eigenvalue weighted by molar-refractivity contribution is -0.274. The third-order valence-corrected chi connectivity index (χ3v) is 8.00. The molecule has 2 aliphatic heterocycles. The maximum atomic E-state index is 13.1. The Kier molecular flexibility index (Phi) is 7.76. The molecule has 1 N–H and O–H groups in total. The van der Waals surface area contributed by atoms with Gasteiger partial charge >= 0.3 is 12.8 Å². The number of para-hydroxylation sites is 1. The molecule has 4 heterocycles. The van der Waals surface area contributed by atoms with Crippen molar-refractivity contribution in [3.8, 4) is 17.0 Å². The van der Waals surface area contributed by atoms with Gasteiger partial charge in [-0.2, -0.15) is 0 Å². The van der Waals surface area contributed by atoms with E-state index in [0.717, 1.165) is 44.3 Å². The van der Waals surface area contributed by atoms with E-state index in [4.69, 9.17) is 9.26 Å². The molecule has 1 aliphatic carbocycles. The molecule has 2 saturated heterocycles.